The van der Waals surface area contributed by atoms with Crippen molar-refractivity contribution in [3.05, 3.63) is 52.5 Å². The van der Waals surface area contributed by atoms with Gasteiger partial charge in [0.05, 0.1) is 13.2 Å². The van der Waals surface area contributed by atoms with Crippen molar-refractivity contribution in [1.82, 2.24) is 14.8 Å². The Morgan fingerprint density at radius 1 is 1.27 bits per heavy atom. The Labute approximate surface area is 241 Å². The van der Waals surface area contributed by atoms with Crippen LogP contribution in [0.1, 0.15) is 80.3 Å². The topological polar surface area (TPSA) is 77.9 Å². The third-order valence-electron chi connectivity index (χ3n) is 8.58. The van der Waals surface area contributed by atoms with Crippen molar-refractivity contribution in [2.24, 2.45) is 0 Å². The zero-order chi connectivity index (χ0) is 29.7. The number of carbonyl (C=O) groups is 1. The van der Waals surface area contributed by atoms with E-state index in [1.165, 1.54) is 18.7 Å². The Morgan fingerprint density at radius 2 is 2.05 bits per heavy atom. The highest BCUT2D eigenvalue weighted by atomic mass is 19.3. The molecule has 10 heteroatoms. The highest BCUT2D eigenvalue weighted by molar-refractivity contribution is 5.77. The maximum Gasteiger partial charge on any atom is 0.325 e. The lowest BCUT2D eigenvalue weighted by molar-refractivity contribution is -0.143. The number of carboxylic acids is 1. The third-order valence-corrected chi connectivity index (χ3v) is 8.58. The lowest BCUT2D eigenvalue weighted by Crippen LogP contribution is -2.46. The number of alkyl halides is 2. The summed E-state index contributed by atoms with van der Waals surface area (Å²) in [5.41, 5.74) is 3.13. The molecule has 41 heavy (non-hydrogen) atoms. The molecule has 2 aromatic rings. The molecule has 1 unspecified atom stereocenters. The maximum absolute atomic E-state index is 14.9. The van der Waals surface area contributed by atoms with Crippen LogP contribution in [0.25, 0.3) is 0 Å². The van der Waals surface area contributed by atoms with Crippen LogP contribution in [-0.2, 0) is 17.6 Å². The molecule has 0 aliphatic carbocycles. The van der Waals surface area contributed by atoms with Crippen LogP contribution in [-0.4, -0.2) is 78.2 Å². The van der Waals surface area contributed by atoms with Gasteiger partial charge in [-0.3, -0.25) is 14.6 Å². The number of aryl methyl sites for hydroxylation is 2. The molecule has 2 N–H and O–H groups in total. The van der Waals surface area contributed by atoms with Gasteiger partial charge >= 0.3 is 5.97 Å². The van der Waals surface area contributed by atoms with E-state index in [4.69, 9.17) is 9.72 Å². The van der Waals surface area contributed by atoms with Crippen LogP contribution in [0.3, 0.4) is 0 Å². The van der Waals surface area contributed by atoms with Gasteiger partial charge in [0.2, 0.25) is 0 Å². The van der Waals surface area contributed by atoms with E-state index in [1.807, 2.05) is 19.9 Å². The van der Waals surface area contributed by atoms with Gasteiger partial charge in [-0.05, 0) is 80.8 Å². The third kappa shape index (κ3) is 7.33. The summed E-state index contributed by atoms with van der Waals surface area (Å²) in [5.74, 6) is -0.878. The summed E-state index contributed by atoms with van der Waals surface area (Å²) >= 11 is 0. The summed E-state index contributed by atoms with van der Waals surface area (Å²) in [6.45, 7) is 5.43. The Hall–Kier alpha value is -2.85. The van der Waals surface area contributed by atoms with Crippen LogP contribution in [0.2, 0.25) is 0 Å². The predicted molar refractivity (Wildman–Crippen MR) is 154 cm³/mol. The highest BCUT2D eigenvalue weighted by Crippen LogP contribution is 2.37. The van der Waals surface area contributed by atoms with E-state index >= 15 is 0 Å². The standard InChI is InChI=1S/C31H43F3N4O3/c1-19(2)21-16-24(28(41-4)25(32)17-21)27(31(39)40)38-15-13-23(18-38)37(3)26(29(33)34)10-6-5-9-22-12-11-20-8-7-14-35-30(20)36-22/h11-12,16-17,19,23,26-27,29H,5-10,13-15,18H2,1-4H3,(H,35,36)(H,39,40)/t23-,26+,27?/m0/s1. The fourth-order valence-corrected chi connectivity index (χ4v) is 6.16. The summed E-state index contributed by atoms with van der Waals surface area (Å²) in [5, 5.41) is 13.5. The smallest absolute Gasteiger partial charge is 0.325 e. The molecule has 0 spiro atoms. The zero-order valence-electron chi connectivity index (χ0n) is 24.5. The van der Waals surface area contributed by atoms with Gasteiger partial charge in [0, 0.05) is 36.9 Å². The number of ether oxygens (including phenoxy) is 1. The molecule has 1 aromatic carbocycles. The molecule has 1 fully saturated rings. The largest absolute Gasteiger partial charge is 0.493 e. The number of nitrogens with one attached hydrogen (secondary N) is 1. The van der Waals surface area contributed by atoms with Gasteiger partial charge in [-0.1, -0.05) is 26.3 Å². The van der Waals surface area contributed by atoms with Crippen molar-refractivity contribution in [3.63, 3.8) is 0 Å². The van der Waals surface area contributed by atoms with Gasteiger partial charge in [-0.25, -0.2) is 18.2 Å². The minimum absolute atomic E-state index is 0.00689. The number of aromatic nitrogens is 1. The summed E-state index contributed by atoms with van der Waals surface area (Å²) in [6, 6.07) is 4.90. The maximum atomic E-state index is 14.9. The first-order valence-electron chi connectivity index (χ1n) is 14.7. The van der Waals surface area contributed by atoms with E-state index in [0.29, 0.717) is 37.9 Å². The molecule has 3 atom stereocenters. The number of pyridine rings is 1. The van der Waals surface area contributed by atoms with Gasteiger partial charge in [-0.15, -0.1) is 0 Å². The van der Waals surface area contributed by atoms with E-state index in [2.05, 4.69) is 11.4 Å². The Kier molecular flexibility index (Phi) is 10.5. The van der Waals surface area contributed by atoms with Gasteiger partial charge in [-0.2, -0.15) is 0 Å². The fourth-order valence-electron chi connectivity index (χ4n) is 6.16. The normalized spacial score (nSPS) is 18.9. The molecule has 2 aliphatic heterocycles. The quantitative estimate of drug-likeness (QED) is 0.288. The molecule has 0 bridgehead atoms. The summed E-state index contributed by atoms with van der Waals surface area (Å²) < 4.78 is 48.6. The molecule has 0 amide bonds. The van der Waals surface area contributed by atoms with Crippen molar-refractivity contribution < 1.29 is 27.8 Å². The fraction of sp³-hybridized carbons (Fsp3) is 0.613. The number of benzene rings is 1. The van der Waals surface area contributed by atoms with Crippen LogP contribution in [0.4, 0.5) is 19.0 Å². The number of hydrogen-bond donors (Lipinski definition) is 2. The molecule has 1 aromatic heterocycles. The number of anilines is 1. The average molecular weight is 577 g/mol. The number of hydrogen-bond acceptors (Lipinski definition) is 6. The zero-order valence-corrected chi connectivity index (χ0v) is 24.5. The van der Waals surface area contributed by atoms with Crippen molar-refractivity contribution in [2.75, 3.05) is 39.1 Å². The first-order chi connectivity index (χ1) is 19.6. The number of nitrogens with zero attached hydrogens (tertiary/aromatic N) is 3. The number of carboxylic acid groups (broad SMARTS) is 1. The minimum atomic E-state index is -2.52. The molecular weight excluding hydrogens is 533 g/mol. The molecule has 1 saturated heterocycles. The minimum Gasteiger partial charge on any atom is -0.493 e. The number of rotatable bonds is 13. The molecule has 4 rings (SSSR count). The molecule has 3 heterocycles. The van der Waals surface area contributed by atoms with E-state index in [-0.39, 0.29) is 23.3 Å². The second-order valence-corrected chi connectivity index (χ2v) is 11.6. The van der Waals surface area contributed by atoms with Gasteiger partial charge < -0.3 is 15.2 Å². The number of likely N-dealkylation sites (N-methyl/N-ethyl adjacent to an activating group) is 1. The number of likely N-dealkylation sites (tertiary alicyclic amines) is 1. The molecule has 226 valence electrons. The van der Waals surface area contributed by atoms with Crippen molar-refractivity contribution >= 4 is 11.8 Å². The first kappa shape index (κ1) is 31.1. The SMILES string of the molecule is COc1c(F)cc(C(C)C)cc1C(C(=O)O)N1CC[C@H](N(C)[C@H](CCCCc2ccc3c(n2)NCCC3)C(F)F)C1. The Morgan fingerprint density at radius 3 is 2.73 bits per heavy atom. The number of unbranched alkanes of at least 4 members (excludes halogenated alkanes) is 1. The summed E-state index contributed by atoms with van der Waals surface area (Å²) in [7, 11) is 3.03. The highest BCUT2D eigenvalue weighted by Gasteiger charge is 2.40. The van der Waals surface area contributed by atoms with Crippen molar-refractivity contribution in [3.8, 4) is 5.75 Å². The van der Waals surface area contributed by atoms with E-state index in [1.54, 1.807) is 22.9 Å². The van der Waals surface area contributed by atoms with E-state index < -0.39 is 30.3 Å². The van der Waals surface area contributed by atoms with Crippen molar-refractivity contribution in [1.29, 1.82) is 0 Å². The monoisotopic (exact) mass is 576 g/mol. The molecule has 7 nitrogen and oxygen atoms in total. The van der Waals surface area contributed by atoms with Crippen LogP contribution in [0.15, 0.2) is 24.3 Å². The Balaban J connectivity index is 1.39. The molecule has 0 radical (unpaired) electrons. The summed E-state index contributed by atoms with van der Waals surface area (Å²) in [4.78, 5) is 20.6. The van der Waals surface area contributed by atoms with E-state index in [0.717, 1.165) is 43.7 Å². The van der Waals surface area contributed by atoms with Gasteiger partial charge in [0.15, 0.2) is 11.6 Å². The number of aliphatic carboxylic acids is 1. The summed E-state index contributed by atoms with van der Waals surface area (Å²) in [6.07, 6.45) is 2.63. The van der Waals surface area contributed by atoms with Gasteiger partial charge in [0.1, 0.15) is 11.9 Å². The lowest BCUT2D eigenvalue weighted by atomic mass is 9.95. The number of methoxy groups -OCH3 is 1. The number of fused-ring (bicyclic) bond motifs is 1. The molecule has 0 saturated carbocycles. The first-order valence-corrected chi connectivity index (χ1v) is 14.7. The van der Waals surface area contributed by atoms with E-state index in [9.17, 15) is 23.1 Å². The van der Waals surface area contributed by atoms with Crippen LogP contribution in [0.5, 0.6) is 5.75 Å². The Bertz CT molecular complexity index is 1200. The average Bonchev–Trinajstić information content (AvgIpc) is 3.41. The molecular formula is C31H43F3N4O3. The second kappa shape index (κ2) is 13.9. The van der Waals surface area contributed by atoms with Crippen LogP contribution < -0.4 is 10.1 Å². The lowest BCUT2D eigenvalue weighted by Gasteiger charge is -2.33. The van der Waals surface area contributed by atoms with Gasteiger partial charge in [0.25, 0.3) is 6.43 Å². The van der Waals surface area contributed by atoms with Crippen molar-refractivity contribution in [2.45, 2.75) is 89.3 Å². The van der Waals surface area contributed by atoms with Crippen LogP contribution >= 0.6 is 0 Å². The second-order valence-electron chi connectivity index (χ2n) is 11.6. The predicted octanol–water partition coefficient (Wildman–Crippen LogP) is 5.89. The van der Waals surface area contributed by atoms with Crippen LogP contribution in [0, 0.1) is 5.82 Å². The molecule has 2 aliphatic rings. The number of halogens is 3.